The van der Waals surface area contributed by atoms with Crippen molar-refractivity contribution in [2.45, 2.75) is 5.54 Å². The summed E-state index contributed by atoms with van der Waals surface area (Å²) < 4.78 is 16.8. The predicted molar refractivity (Wildman–Crippen MR) is 129 cm³/mol. The van der Waals surface area contributed by atoms with Crippen molar-refractivity contribution in [2.24, 2.45) is 16.0 Å². The Bertz CT molecular complexity index is 1540. The van der Waals surface area contributed by atoms with Crippen LogP contribution in [0.25, 0.3) is 5.70 Å². The number of azo groups is 1. The number of primary amides is 1. The van der Waals surface area contributed by atoms with Crippen LogP contribution in [0, 0.1) is 0 Å². The monoisotopic (exact) mass is 523 g/mol. The summed E-state index contributed by atoms with van der Waals surface area (Å²) in [7, 11) is 0. The van der Waals surface area contributed by atoms with Crippen LogP contribution >= 0.6 is 23.2 Å². The number of benzene rings is 2. The largest absolute Gasteiger partial charge is 0.488 e. The first-order valence-corrected chi connectivity index (χ1v) is 11.4. The van der Waals surface area contributed by atoms with E-state index in [2.05, 4.69) is 20.5 Å². The molecule has 3 aliphatic rings. The van der Waals surface area contributed by atoms with Crippen molar-refractivity contribution in [3.8, 4) is 17.2 Å². The maximum Gasteiger partial charge on any atom is 0.258 e. The number of nitrogens with two attached hydrogens (primary N) is 1. The first kappa shape index (κ1) is 22.3. The van der Waals surface area contributed by atoms with Crippen LogP contribution in [0.5, 0.6) is 17.2 Å². The van der Waals surface area contributed by atoms with Crippen LogP contribution in [0.4, 0.5) is 5.69 Å². The van der Waals surface area contributed by atoms with Crippen molar-refractivity contribution in [1.29, 1.82) is 0 Å². The van der Waals surface area contributed by atoms with Crippen molar-refractivity contribution in [3.05, 3.63) is 81.1 Å². The zero-order chi connectivity index (χ0) is 25.0. The molecule has 2 aromatic carbocycles. The number of fused-ring (bicyclic) bond motifs is 3. The number of ether oxygens (including phenoxy) is 3. The summed E-state index contributed by atoms with van der Waals surface area (Å²) in [6.45, 7) is 0.126. The van der Waals surface area contributed by atoms with E-state index in [9.17, 15) is 9.59 Å². The van der Waals surface area contributed by atoms with Crippen molar-refractivity contribution in [3.63, 3.8) is 0 Å². The lowest BCUT2D eigenvalue weighted by atomic mass is 9.80. The number of hydrogen-bond acceptors (Lipinski definition) is 8. The molecule has 36 heavy (non-hydrogen) atoms. The van der Waals surface area contributed by atoms with Gasteiger partial charge in [0.25, 0.3) is 11.8 Å². The van der Waals surface area contributed by atoms with Gasteiger partial charge in [0.1, 0.15) is 23.2 Å². The maximum atomic E-state index is 12.8. The molecule has 1 aromatic heterocycles. The Morgan fingerprint density at radius 3 is 2.64 bits per heavy atom. The van der Waals surface area contributed by atoms with E-state index in [1.54, 1.807) is 36.4 Å². The lowest BCUT2D eigenvalue weighted by molar-refractivity contribution is -0.122. The van der Waals surface area contributed by atoms with Crippen LogP contribution in [-0.4, -0.2) is 30.2 Å². The van der Waals surface area contributed by atoms with Crippen molar-refractivity contribution in [2.75, 3.05) is 18.7 Å². The lowest BCUT2D eigenvalue weighted by Gasteiger charge is -2.28. The number of pyridine rings is 1. The molecule has 0 aliphatic carbocycles. The Morgan fingerprint density at radius 2 is 1.81 bits per heavy atom. The summed E-state index contributed by atoms with van der Waals surface area (Å²) in [6, 6.07) is 11.5. The fraction of sp³-hybridized carbons (Fsp3) is 0.125. The van der Waals surface area contributed by atoms with Gasteiger partial charge in [0, 0.05) is 23.0 Å². The Balaban J connectivity index is 1.39. The van der Waals surface area contributed by atoms with E-state index >= 15 is 0 Å². The highest BCUT2D eigenvalue weighted by Gasteiger charge is 2.50. The first-order chi connectivity index (χ1) is 17.4. The highest BCUT2D eigenvalue weighted by atomic mass is 35.5. The van der Waals surface area contributed by atoms with Gasteiger partial charge in [0.15, 0.2) is 11.5 Å². The Labute approximate surface area is 213 Å². The number of nitrogens with zero attached hydrogens (tertiary/aromatic N) is 3. The highest BCUT2D eigenvalue weighted by Crippen LogP contribution is 2.50. The Morgan fingerprint density at radius 1 is 1.00 bits per heavy atom. The molecule has 0 bridgehead atoms. The Hall–Kier alpha value is -4.15. The molecule has 6 rings (SSSR count). The number of hydrogen-bond donors (Lipinski definition) is 2. The van der Waals surface area contributed by atoms with Crippen molar-refractivity contribution < 1.29 is 23.8 Å². The molecule has 0 saturated heterocycles. The molecule has 10 nitrogen and oxygen atoms in total. The van der Waals surface area contributed by atoms with Crippen molar-refractivity contribution in [1.82, 2.24) is 4.98 Å². The van der Waals surface area contributed by atoms with Crippen LogP contribution in [0.1, 0.15) is 21.5 Å². The minimum atomic E-state index is -1.58. The van der Waals surface area contributed by atoms with Crippen LogP contribution in [0.3, 0.4) is 0 Å². The minimum Gasteiger partial charge on any atom is -0.488 e. The summed E-state index contributed by atoms with van der Waals surface area (Å²) in [5.74, 6) is 0.339. The van der Waals surface area contributed by atoms with E-state index in [1.807, 2.05) is 0 Å². The topological polar surface area (TPSA) is 137 Å². The molecule has 0 saturated carbocycles. The number of halogens is 2. The second-order valence-corrected chi connectivity index (χ2v) is 8.91. The molecule has 0 fully saturated rings. The summed E-state index contributed by atoms with van der Waals surface area (Å²) >= 11 is 12.0. The summed E-state index contributed by atoms with van der Waals surface area (Å²) in [5.41, 5.74) is 6.79. The zero-order valence-corrected chi connectivity index (χ0v) is 19.8. The number of carbonyl (C=O) groups excluding carboxylic acids is 2. The van der Waals surface area contributed by atoms with E-state index < -0.39 is 17.4 Å². The minimum absolute atomic E-state index is 0.0164. The summed E-state index contributed by atoms with van der Waals surface area (Å²) in [6.07, 6.45) is 1.35. The van der Waals surface area contributed by atoms with Crippen LogP contribution < -0.4 is 25.3 Å². The lowest BCUT2D eigenvalue weighted by Crippen LogP contribution is -2.42. The normalized spacial score (nSPS) is 18.9. The van der Waals surface area contributed by atoms with Gasteiger partial charge in [-0.2, -0.15) is 10.2 Å². The van der Waals surface area contributed by atoms with E-state index in [0.717, 1.165) is 0 Å². The molecule has 3 aromatic rings. The van der Waals surface area contributed by atoms with Gasteiger partial charge in [-0.05, 0) is 42.0 Å². The van der Waals surface area contributed by atoms with Crippen molar-refractivity contribution >= 4 is 46.4 Å². The molecule has 3 N–H and O–H groups in total. The second-order valence-electron chi connectivity index (χ2n) is 8.12. The van der Waals surface area contributed by atoms with Gasteiger partial charge in [-0.25, -0.2) is 4.98 Å². The predicted octanol–water partition coefficient (Wildman–Crippen LogP) is 4.32. The molecule has 3 aliphatic heterocycles. The third-order valence-corrected chi connectivity index (χ3v) is 6.59. The molecule has 0 radical (unpaired) electrons. The quantitative estimate of drug-likeness (QED) is 0.488. The van der Waals surface area contributed by atoms with Crippen LogP contribution in [0.15, 0.2) is 64.5 Å². The van der Waals surface area contributed by atoms with Gasteiger partial charge in [0.2, 0.25) is 12.3 Å². The molecule has 180 valence electrons. The fourth-order valence-corrected chi connectivity index (χ4v) is 4.70. The van der Waals surface area contributed by atoms with Crippen LogP contribution in [-0.2, 0) is 10.3 Å². The number of aromatic nitrogens is 1. The van der Waals surface area contributed by atoms with Crippen LogP contribution in [0.2, 0.25) is 10.2 Å². The molecular weight excluding hydrogens is 509 g/mol. The molecule has 12 heteroatoms. The van der Waals surface area contributed by atoms with E-state index in [0.29, 0.717) is 45.3 Å². The summed E-state index contributed by atoms with van der Waals surface area (Å²) in [4.78, 5) is 29.5. The fourth-order valence-electron chi connectivity index (χ4n) is 4.35. The third-order valence-electron chi connectivity index (χ3n) is 6.08. The molecule has 4 heterocycles. The number of nitrogens with one attached hydrogen (secondary N) is 1. The number of amides is 2. The standard InChI is InChI=1S/C24H15Cl2N5O5/c25-12-6-15(21(26)28-8-12)22(32)29-13-2-4-17-14(7-13)20-16(9-34-17)24(23(27)33,31-30-20)11-1-3-18-19(5-11)36-10-35-18/h1-8H,9-10H2,(H2,27,33)(H,29,32). The summed E-state index contributed by atoms with van der Waals surface area (Å²) in [5, 5.41) is 11.7. The smallest absolute Gasteiger partial charge is 0.258 e. The molecular formula is C24H15Cl2N5O5. The van der Waals surface area contributed by atoms with E-state index in [1.165, 1.54) is 12.3 Å². The SMILES string of the molecule is NC(=O)C1(c2ccc3c(c2)OCO3)N=NC2=C1COc1ccc(NC(=O)c3cc(Cl)cnc3Cl)cc12. The highest BCUT2D eigenvalue weighted by molar-refractivity contribution is 6.35. The number of rotatable bonds is 4. The van der Waals surface area contributed by atoms with Gasteiger partial charge in [-0.3, -0.25) is 9.59 Å². The molecule has 1 unspecified atom stereocenters. The molecule has 0 spiro atoms. The van der Waals surface area contributed by atoms with Gasteiger partial charge < -0.3 is 25.3 Å². The second kappa shape index (κ2) is 8.21. The molecule has 1 atom stereocenters. The molecule has 2 amide bonds. The average molecular weight is 524 g/mol. The average Bonchev–Trinajstić information content (AvgIpc) is 3.50. The first-order valence-electron chi connectivity index (χ1n) is 10.6. The van der Waals surface area contributed by atoms with Gasteiger partial charge in [-0.1, -0.05) is 29.3 Å². The van der Waals surface area contributed by atoms with E-state index in [4.69, 9.17) is 43.1 Å². The zero-order valence-electron chi connectivity index (χ0n) is 18.2. The van der Waals surface area contributed by atoms with Gasteiger partial charge in [-0.15, -0.1) is 0 Å². The third kappa shape index (κ3) is 3.37. The Kier molecular flexibility index (Phi) is 5.09. The van der Waals surface area contributed by atoms with E-state index in [-0.39, 0.29) is 29.1 Å². The van der Waals surface area contributed by atoms with Gasteiger partial charge in [0.05, 0.1) is 10.6 Å². The number of carbonyl (C=O) groups is 2. The number of anilines is 1. The maximum absolute atomic E-state index is 12.8. The van der Waals surface area contributed by atoms with Gasteiger partial charge >= 0.3 is 0 Å².